The normalized spacial score (nSPS) is 9.53. The van der Waals surface area contributed by atoms with Gasteiger partial charge in [-0.05, 0) is 30.0 Å². The molecule has 0 amide bonds. The quantitative estimate of drug-likeness (QED) is 0.648. The summed E-state index contributed by atoms with van der Waals surface area (Å²) in [4.78, 5) is 0. The van der Waals surface area contributed by atoms with Gasteiger partial charge < -0.3 is 0 Å². The van der Waals surface area contributed by atoms with Crippen LogP contribution in [0.5, 0.6) is 0 Å². The molecule has 15 heavy (non-hydrogen) atoms. The van der Waals surface area contributed by atoms with Gasteiger partial charge in [0.1, 0.15) is 0 Å². The first kappa shape index (κ1) is 11.9. The highest BCUT2D eigenvalue weighted by Gasteiger charge is 2.03. The van der Waals surface area contributed by atoms with Gasteiger partial charge in [-0.25, -0.2) is 0 Å². The maximum Gasteiger partial charge on any atom is 0.0279 e. The lowest BCUT2D eigenvalue weighted by Crippen LogP contribution is -1.96. The number of benzene rings is 1. The average molecular weight is 200 g/mol. The zero-order valence-corrected chi connectivity index (χ0v) is 10.1. The third-order valence-corrected chi connectivity index (χ3v) is 2.55. The summed E-state index contributed by atoms with van der Waals surface area (Å²) < 4.78 is 0. The van der Waals surface area contributed by atoms with Gasteiger partial charge in [0.2, 0.25) is 0 Å². The first-order valence-electron chi connectivity index (χ1n) is 5.93. The fraction of sp³-hybridized carbons (Fsp3) is 0.467. The Morgan fingerprint density at radius 2 is 1.93 bits per heavy atom. The fourth-order valence-electron chi connectivity index (χ4n) is 1.86. The van der Waals surface area contributed by atoms with Gasteiger partial charge in [0.05, 0.1) is 0 Å². The van der Waals surface area contributed by atoms with Crippen LogP contribution in [-0.2, 0) is 12.8 Å². The molecule has 0 saturated carbocycles. The molecule has 0 aliphatic heterocycles. The predicted octanol–water partition coefficient (Wildman–Crippen LogP) is 3.96. The number of aryl methyl sites for hydroxylation is 1. The van der Waals surface area contributed by atoms with Crippen LogP contribution in [-0.4, -0.2) is 0 Å². The Hall–Kier alpha value is -1.22. The van der Waals surface area contributed by atoms with E-state index in [1.165, 1.54) is 29.5 Å². The van der Waals surface area contributed by atoms with Crippen molar-refractivity contribution in [2.45, 2.75) is 46.5 Å². The van der Waals surface area contributed by atoms with E-state index < -0.39 is 0 Å². The highest BCUT2D eigenvalue weighted by atomic mass is 14.1. The van der Waals surface area contributed by atoms with E-state index in [0.29, 0.717) is 0 Å². The summed E-state index contributed by atoms with van der Waals surface area (Å²) in [6.07, 6.45) is 4.40. The summed E-state index contributed by atoms with van der Waals surface area (Å²) in [6, 6.07) is 6.50. The van der Waals surface area contributed by atoms with Gasteiger partial charge in [-0.3, -0.25) is 0 Å². The number of rotatable bonds is 3. The molecule has 0 saturated heterocycles. The molecule has 0 atom stereocenters. The second kappa shape index (κ2) is 6.30. The van der Waals surface area contributed by atoms with Crippen molar-refractivity contribution in [1.29, 1.82) is 0 Å². The van der Waals surface area contributed by atoms with Gasteiger partial charge in [0.15, 0.2) is 0 Å². The highest BCUT2D eigenvalue weighted by molar-refractivity contribution is 5.45. The summed E-state index contributed by atoms with van der Waals surface area (Å²) >= 11 is 0. The van der Waals surface area contributed by atoms with Crippen molar-refractivity contribution in [2.24, 2.45) is 0 Å². The maximum atomic E-state index is 3.26. The van der Waals surface area contributed by atoms with Crippen LogP contribution in [0.15, 0.2) is 18.2 Å². The molecular formula is C15H20. The summed E-state index contributed by atoms with van der Waals surface area (Å²) in [7, 11) is 0. The molecule has 0 radical (unpaired) electrons. The second-order valence-electron chi connectivity index (χ2n) is 3.70. The molecule has 0 aliphatic rings. The van der Waals surface area contributed by atoms with Gasteiger partial charge in [-0.1, -0.05) is 51.2 Å². The molecule has 1 aromatic rings. The van der Waals surface area contributed by atoms with Crippen molar-refractivity contribution < 1.29 is 0 Å². The van der Waals surface area contributed by atoms with Crippen LogP contribution in [0.2, 0.25) is 0 Å². The van der Waals surface area contributed by atoms with Crippen molar-refractivity contribution in [3.63, 3.8) is 0 Å². The van der Waals surface area contributed by atoms with Crippen LogP contribution in [0.3, 0.4) is 0 Å². The van der Waals surface area contributed by atoms with Crippen molar-refractivity contribution in [2.75, 3.05) is 0 Å². The molecule has 0 bridgehead atoms. The molecule has 0 nitrogen and oxygen atoms in total. The smallest absolute Gasteiger partial charge is 0.0279 e. The van der Waals surface area contributed by atoms with E-state index in [2.05, 4.69) is 50.8 Å². The van der Waals surface area contributed by atoms with Gasteiger partial charge in [-0.2, -0.15) is 0 Å². The van der Waals surface area contributed by atoms with Gasteiger partial charge in [-0.15, -0.1) is 0 Å². The van der Waals surface area contributed by atoms with Crippen LogP contribution in [0.4, 0.5) is 0 Å². The molecular weight excluding hydrogens is 180 g/mol. The van der Waals surface area contributed by atoms with Gasteiger partial charge in [0.25, 0.3) is 0 Å². The zero-order valence-electron chi connectivity index (χ0n) is 10.1. The topological polar surface area (TPSA) is 0 Å². The second-order valence-corrected chi connectivity index (χ2v) is 3.70. The maximum absolute atomic E-state index is 3.26. The largest absolute Gasteiger partial charge is 0.0982 e. The summed E-state index contributed by atoms with van der Waals surface area (Å²) in [5.41, 5.74) is 4.15. The molecule has 0 heterocycles. The Balaban J connectivity index is 3.09. The fourth-order valence-corrected chi connectivity index (χ4v) is 1.86. The van der Waals surface area contributed by atoms with E-state index >= 15 is 0 Å². The molecule has 80 valence electrons. The summed E-state index contributed by atoms with van der Waals surface area (Å²) in [6.45, 7) is 6.53. The summed E-state index contributed by atoms with van der Waals surface area (Å²) in [5.74, 6) is 6.42. The highest BCUT2D eigenvalue weighted by Crippen LogP contribution is 2.16. The van der Waals surface area contributed by atoms with E-state index in [9.17, 15) is 0 Å². The average Bonchev–Trinajstić information content (AvgIpc) is 2.27. The SMILES string of the molecule is CCC#Cc1cccc(CCC)c1CC. The molecule has 0 fully saturated rings. The first-order chi connectivity index (χ1) is 7.33. The van der Waals surface area contributed by atoms with Gasteiger partial charge in [0, 0.05) is 12.0 Å². The Morgan fingerprint density at radius 3 is 2.53 bits per heavy atom. The predicted molar refractivity (Wildman–Crippen MR) is 67.0 cm³/mol. The minimum absolute atomic E-state index is 0.932. The lowest BCUT2D eigenvalue weighted by molar-refractivity contribution is 0.898. The monoisotopic (exact) mass is 200 g/mol. The van der Waals surface area contributed by atoms with Gasteiger partial charge >= 0.3 is 0 Å². The molecule has 0 spiro atoms. The van der Waals surface area contributed by atoms with E-state index in [1.807, 2.05) is 0 Å². The van der Waals surface area contributed by atoms with E-state index in [1.54, 1.807) is 0 Å². The minimum atomic E-state index is 0.932. The number of hydrogen-bond acceptors (Lipinski definition) is 0. The minimum Gasteiger partial charge on any atom is -0.0982 e. The van der Waals surface area contributed by atoms with E-state index in [-0.39, 0.29) is 0 Å². The molecule has 1 rings (SSSR count). The van der Waals surface area contributed by atoms with Crippen LogP contribution < -0.4 is 0 Å². The van der Waals surface area contributed by atoms with Crippen molar-refractivity contribution in [1.82, 2.24) is 0 Å². The van der Waals surface area contributed by atoms with Crippen LogP contribution in [0.25, 0.3) is 0 Å². The standard InChI is InChI=1S/C15H20/c1-4-7-10-14-12-8-11-13(9-5-2)15(14)6-3/h8,11-12H,4-6,9H2,1-3H3. The summed E-state index contributed by atoms with van der Waals surface area (Å²) in [5, 5.41) is 0. The molecule has 0 aromatic heterocycles. The molecule has 0 aliphatic carbocycles. The van der Waals surface area contributed by atoms with Crippen LogP contribution in [0.1, 0.15) is 50.3 Å². The van der Waals surface area contributed by atoms with Crippen LogP contribution in [0, 0.1) is 11.8 Å². The van der Waals surface area contributed by atoms with Crippen molar-refractivity contribution >= 4 is 0 Å². The first-order valence-corrected chi connectivity index (χ1v) is 5.93. The van der Waals surface area contributed by atoms with Crippen molar-refractivity contribution in [3.8, 4) is 11.8 Å². The third kappa shape index (κ3) is 3.13. The number of hydrogen-bond donors (Lipinski definition) is 0. The Morgan fingerprint density at radius 1 is 1.13 bits per heavy atom. The molecule has 1 aromatic carbocycles. The Labute approximate surface area is 93.7 Å². The van der Waals surface area contributed by atoms with E-state index in [4.69, 9.17) is 0 Å². The lowest BCUT2D eigenvalue weighted by Gasteiger charge is -2.08. The van der Waals surface area contributed by atoms with Crippen molar-refractivity contribution in [3.05, 3.63) is 34.9 Å². The Kier molecular flexibility index (Phi) is 4.98. The van der Waals surface area contributed by atoms with E-state index in [0.717, 1.165) is 12.8 Å². The Bertz CT molecular complexity index is 363. The van der Waals surface area contributed by atoms with Crippen LogP contribution >= 0.6 is 0 Å². The lowest BCUT2D eigenvalue weighted by atomic mass is 9.96. The molecule has 0 unspecified atom stereocenters. The zero-order chi connectivity index (χ0) is 11.1. The molecule has 0 heteroatoms. The third-order valence-electron chi connectivity index (χ3n) is 2.55. The molecule has 0 N–H and O–H groups in total.